The molecule has 0 fully saturated rings. The van der Waals surface area contributed by atoms with Gasteiger partial charge >= 0.3 is 16.5 Å². The van der Waals surface area contributed by atoms with E-state index in [9.17, 15) is 4.79 Å². The van der Waals surface area contributed by atoms with E-state index in [1.165, 1.54) is 6.92 Å². The van der Waals surface area contributed by atoms with Gasteiger partial charge in [0, 0.05) is 0 Å². The van der Waals surface area contributed by atoms with E-state index in [1.54, 1.807) is 0 Å². The van der Waals surface area contributed by atoms with Gasteiger partial charge < -0.3 is 14.6 Å². The van der Waals surface area contributed by atoms with E-state index >= 15 is 0 Å². The highest BCUT2D eigenvalue weighted by atomic mass is 28.2. The second kappa shape index (κ2) is 3.13. The first kappa shape index (κ1) is 8.03. The lowest BCUT2D eigenvalue weighted by Crippen LogP contribution is -2.02. The van der Waals surface area contributed by atoms with Gasteiger partial charge in [0.25, 0.3) is 5.95 Å². The zero-order chi connectivity index (χ0) is 7.44. The van der Waals surface area contributed by atoms with E-state index < -0.39 is 11.9 Å². The molecule has 2 N–H and O–H groups in total. The van der Waals surface area contributed by atoms with Crippen molar-refractivity contribution in [2.24, 2.45) is 0 Å². The molecule has 0 aliphatic heterocycles. The average Bonchev–Trinajstić information content (AvgIpc) is 1.84. The largest absolute Gasteiger partial charge is 0.516 e. The molecular formula is C4H5O4Si. The third-order valence-corrected chi connectivity index (χ3v) is 0.932. The second-order valence-electron chi connectivity index (χ2n) is 1.34. The predicted octanol–water partition coefficient (Wildman–Crippen LogP) is -0.0394. The molecule has 0 aromatic heterocycles. The van der Waals surface area contributed by atoms with Crippen LogP contribution in [0.15, 0.2) is 11.5 Å². The molecule has 0 aliphatic carbocycles. The number of hydrogen-bond acceptors (Lipinski definition) is 3. The highest BCUT2D eigenvalue weighted by Crippen LogP contribution is 1.98. The van der Waals surface area contributed by atoms with Crippen molar-refractivity contribution >= 4 is 16.5 Å². The second-order valence-corrected chi connectivity index (χ2v) is 1.54. The number of aliphatic hydroxyl groups is 1. The minimum absolute atomic E-state index is 0.245. The van der Waals surface area contributed by atoms with E-state index in [4.69, 9.17) is 10.2 Å². The van der Waals surface area contributed by atoms with Gasteiger partial charge in [-0.05, 0) is 6.92 Å². The van der Waals surface area contributed by atoms with Crippen LogP contribution in [-0.4, -0.2) is 26.7 Å². The van der Waals surface area contributed by atoms with E-state index in [2.05, 4.69) is 14.9 Å². The van der Waals surface area contributed by atoms with Gasteiger partial charge in [0.15, 0.2) is 0 Å². The van der Waals surface area contributed by atoms with Crippen LogP contribution in [0, 0.1) is 0 Å². The van der Waals surface area contributed by atoms with Crippen LogP contribution in [0.3, 0.4) is 0 Å². The first-order chi connectivity index (χ1) is 4.09. The van der Waals surface area contributed by atoms with Gasteiger partial charge in [0.2, 0.25) is 0 Å². The first-order valence-corrected chi connectivity index (χ1v) is 2.47. The highest BCUT2D eigenvalue weighted by Gasteiger charge is 2.06. The number of aliphatic hydroxyl groups excluding tert-OH is 1. The summed E-state index contributed by atoms with van der Waals surface area (Å²) in [7, 11) is 2.46. The van der Waals surface area contributed by atoms with Gasteiger partial charge in [-0.2, -0.15) is 0 Å². The van der Waals surface area contributed by atoms with Crippen molar-refractivity contribution in [3.8, 4) is 0 Å². The lowest BCUT2D eigenvalue weighted by molar-refractivity contribution is -0.133. The van der Waals surface area contributed by atoms with Crippen molar-refractivity contribution in [1.82, 2.24) is 0 Å². The minimum atomic E-state index is -1.22. The number of rotatable bonds is 2. The standard InChI is InChI=1S/C4H5O4Si/c1-2(3(5)6)4(7)8-9/h7H,1H3,(H,5,6). The molecule has 0 spiro atoms. The van der Waals surface area contributed by atoms with Crippen LogP contribution in [-0.2, 0) is 9.22 Å². The summed E-state index contributed by atoms with van der Waals surface area (Å²) in [5, 5.41) is 16.7. The summed E-state index contributed by atoms with van der Waals surface area (Å²) >= 11 is 0. The molecule has 0 aromatic rings. The highest BCUT2D eigenvalue weighted by molar-refractivity contribution is 5.99. The summed E-state index contributed by atoms with van der Waals surface area (Å²) in [5.74, 6) is -1.86. The molecule has 5 heteroatoms. The van der Waals surface area contributed by atoms with Gasteiger partial charge in [0.05, 0.1) is 0 Å². The van der Waals surface area contributed by atoms with Crippen molar-refractivity contribution in [3.05, 3.63) is 11.5 Å². The van der Waals surface area contributed by atoms with Crippen LogP contribution in [0.2, 0.25) is 0 Å². The lowest BCUT2D eigenvalue weighted by atomic mass is 10.3. The predicted molar refractivity (Wildman–Crippen MR) is 29.8 cm³/mol. The van der Waals surface area contributed by atoms with Gasteiger partial charge in [-0.3, -0.25) is 0 Å². The molecule has 0 bridgehead atoms. The Morgan fingerprint density at radius 1 is 1.56 bits per heavy atom. The van der Waals surface area contributed by atoms with Crippen molar-refractivity contribution < 1.29 is 19.4 Å². The first-order valence-electron chi connectivity index (χ1n) is 2.06. The smallest absolute Gasteiger partial charge is 0.345 e. The van der Waals surface area contributed by atoms with Crippen molar-refractivity contribution in [3.63, 3.8) is 0 Å². The fourth-order valence-corrected chi connectivity index (χ4v) is 0.321. The molecule has 0 rings (SSSR count). The molecule has 3 radical (unpaired) electrons. The summed E-state index contributed by atoms with van der Waals surface area (Å²) in [4.78, 5) is 9.98. The Morgan fingerprint density at radius 3 is 2.11 bits per heavy atom. The Balaban J connectivity index is 4.28. The SMILES string of the molecule is CC(C(=O)O)=C(O)O[Si]. The van der Waals surface area contributed by atoms with Gasteiger partial charge in [0.1, 0.15) is 5.57 Å². The maximum Gasteiger partial charge on any atom is 0.345 e. The van der Waals surface area contributed by atoms with E-state index in [-0.39, 0.29) is 5.57 Å². The maximum absolute atomic E-state index is 9.98. The maximum atomic E-state index is 9.98. The molecule has 9 heavy (non-hydrogen) atoms. The number of carboxylic acid groups (broad SMARTS) is 1. The Morgan fingerprint density at radius 2 is 2.00 bits per heavy atom. The normalized spacial score (nSPS) is 12.2. The Kier molecular flexibility index (Phi) is 2.79. The molecule has 0 atom stereocenters. The van der Waals surface area contributed by atoms with Gasteiger partial charge in [-0.15, -0.1) is 0 Å². The van der Waals surface area contributed by atoms with Crippen LogP contribution < -0.4 is 0 Å². The molecule has 49 valence electrons. The third-order valence-electron chi connectivity index (χ3n) is 0.738. The van der Waals surface area contributed by atoms with E-state index in [0.717, 1.165) is 0 Å². The molecule has 0 heterocycles. The average molecular weight is 145 g/mol. The summed E-state index contributed by atoms with van der Waals surface area (Å²) < 4.78 is 4.03. The van der Waals surface area contributed by atoms with Crippen molar-refractivity contribution in [1.29, 1.82) is 0 Å². The number of hydrogen-bond donors (Lipinski definition) is 2. The quantitative estimate of drug-likeness (QED) is 0.325. The van der Waals surface area contributed by atoms with Crippen LogP contribution in [0.1, 0.15) is 6.92 Å². The lowest BCUT2D eigenvalue weighted by Gasteiger charge is -1.97. The molecule has 0 saturated heterocycles. The summed E-state index contributed by atoms with van der Waals surface area (Å²) in [6.45, 7) is 1.22. The van der Waals surface area contributed by atoms with Gasteiger partial charge in [-0.25, -0.2) is 4.79 Å². The monoisotopic (exact) mass is 145 g/mol. The molecular weight excluding hydrogens is 140 g/mol. The zero-order valence-corrected chi connectivity index (χ0v) is 5.71. The Bertz CT molecular complexity index is 151. The fourth-order valence-electron chi connectivity index (χ4n) is 0.168. The molecule has 0 saturated carbocycles. The van der Waals surface area contributed by atoms with Crippen molar-refractivity contribution in [2.45, 2.75) is 6.92 Å². The third kappa shape index (κ3) is 2.18. The number of carboxylic acids is 1. The topological polar surface area (TPSA) is 66.8 Å². The summed E-state index contributed by atoms with van der Waals surface area (Å²) in [6, 6.07) is 0. The van der Waals surface area contributed by atoms with Crippen molar-refractivity contribution in [2.75, 3.05) is 0 Å². The molecule has 0 aliphatic rings. The molecule has 0 amide bonds. The summed E-state index contributed by atoms with van der Waals surface area (Å²) in [5.41, 5.74) is -0.245. The van der Waals surface area contributed by atoms with E-state index in [1.807, 2.05) is 0 Å². The molecule has 0 aromatic carbocycles. The van der Waals surface area contributed by atoms with Crippen LogP contribution in [0.4, 0.5) is 0 Å². The number of aliphatic carboxylic acids is 1. The van der Waals surface area contributed by atoms with Crippen LogP contribution in [0.5, 0.6) is 0 Å². The fraction of sp³-hybridized carbons (Fsp3) is 0.250. The van der Waals surface area contributed by atoms with Crippen LogP contribution >= 0.6 is 0 Å². The molecule has 4 nitrogen and oxygen atoms in total. The number of carbonyl (C=O) groups is 1. The van der Waals surface area contributed by atoms with E-state index in [0.29, 0.717) is 0 Å². The minimum Gasteiger partial charge on any atom is -0.516 e. The van der Waals surface area contributed by atoms with Crippen LogP contribution in [0.25, 0.3) is 0 Å². The Labute approximate surface area is 55.3 Å². The zero-order valence-electron chi connectivity index (χ0n) is 4.71. The van der Waals surface area contributed by atoms with Gasteiger partial charge in [-0.1, -0.05) is 0 Å². The Hall–Kier alpha value is -0.973. The summed E-state index contributed by atoms with van der Waals surface area (Å²) in [6.07, 6.45) is 0. The molecule has 0 unspecified atom stereocenters.